The maximum atomic E-state index is 6.20. The van der Waals surface area contributed by atoms with Crippen LogP contribution < -0.4 is 11.1 Å². The molecule has 0 bridgehead atoms. The lowest BCUT2D eigenvalue weighted by atomic mass is 9.69. The molecule has 3 aliphatic carbocycles. The second-order valence-electron chi connectivity index (χ2n) is 7.87. The number of nitrogens with one attached hydrogen (secondary N) is 1. The van der Waals surface area contributed by atoms with Crippen LogP contribution in [-0.2, 0) is 0 Å². The molecule has 3 aliphatic rings. The molecule has 0 aromatic carbocycles. The minimum Gasteiger partial charge on any atom is -0.329 e. The van der Waals surface area contributed by atoms with Crippen LogP contribution in [0.15, 0.2) is 0 Å². The lowest BCUT2D eigenvalue weighted by Gasteiger charge is -2.46. The minimum absolute atomic E-state index is 0.236. The molecule has 3 unspecified atom stereocenters. The molecule has 2 nitrogen and oxygen atoms in total. The zero-order valence-corrected chi connectivity index (χ0v) is 12.8. The van der Waals surface area contributed by atoms with E-state index in [2.05, 4.69) is 19.2 Å². The summed E-state index contributed by atoms with van der Waals surface area (Å²) in [5.41, 5.74) is 6.43. The van der Waals surface area contributed by atoms with Crippen LogP contribution >= 0.6 is 0 Å². The molecule has 3 rings (SSSR count). The highest BCUT2D eigenvalue weighted by atomic mass is 15.0. The Bertz CT molecular complexity index is 296. The van der Waals surface area contributed by atoms with E-state index in [9.17, 15) is 0 Å². The maximum absolute atomic E-state index is 6.20. The quantitative estimate of drug-likeness (QED) is 0.773. The number of hydrogen-bond donors (Lipinski definition) is 2. The highest BCUT2D eigenvalue weighted by molar-refractivity contribution is 5.00. The first-order valence-corrected chi connectivity index (χ1v) is 8.59. The van der Waals surface area contributed by atoms with Gasteiger partial charge in [-0.05, 0) is 74.7 Å². The molecule has 3 saturated carbocycles. The van der Waals surface area contributed by atoms with Crippen LogP contribution in [0, 0.1) is 29.6 Å². The first-order chi connectivity index (χ1) is 9.14. The number of rotatable bonds is 6. The van der Waals surface area contributed by atoms with Gasteiger partial charge in [0.2, 0.25) is 0 Å². The third kappa shape index (κ3) is 3.00. The van der Waals surface area contributed by atoms with Crippen molar-refractivity contribution < 1.29 is 0 Å². The Labute approximate surface area is 118 Å². The van der Waals surface area contributed by atoms with Gasteiger partial charge in [0.05, 0.1) is 0 Å². The Morgan fingerprint density at radius 2 is 1.68 bits per heavy atom. The molecular weight excluding hydrogens is 232 g/mol. The highest BCUT2D eigenvalue weighted by Gasteiger charge is 2.44. The zero-order chi connectivity index (χ0) is 13.5. The second kappa shape index (κ2) is 5.37. The molecular formula is C17H32N2. The van der Waals surface area contributed by atoms with Gasteiger partial charge >= 0.3 is 0 Å². The van der Waals surface area contributed by atoms with Crippen LogP contribution in [-0.4, -0.2) is 18.6 Å². The topological polar surface area (TPSA) is 38.0 Å². The van der Waals surface area contributed by atoms with Gasteiger partial charge in [0.1, 0.15) is 0 Å². The number of nitrogens with two attached hydrogens (primary N) is 1. The van der Waals surface area contributed by atoms with Gasteiger partial charge in [0.25, 0.3) is 0 Å². The summed E-state index contributed by atoms with van der Waals surface area (Å²) in [7, 11) is 0. The van der Waals surface area contributed by atoms with E-state index in [1.807, 2.05) is 0 Å². The third-order valence-corrected chi connectivity index (χ3v) is 6.26. The van der Waals surface area contributed by atoms with Gasteiger partial charge in [-0.1, -0.05) is 20.3 Å². The average Bonchev–Trinajstić information content (AvgIpc) is 3.26. The van der Waals surface area contributed by atoms with E-state index in [-0.39, 0.29) is 5.54 Å². The van der Waals surface area contributed by atoms with Gasteiger partial charge < -0.3 is 11.1 Å². The average molecular weight is 264 g/mol. The van der Waals surface area contributed by atoms with E-state index in [0.717, 1.165) is 36.1 Å². The lowest BCUT2D eigenvalue weighted by molar-refractivity contribution is 0.117. The fourth-order valence-electron chi connectivity index (χ4n) is 4.43. The fraction of sp³-hybridized carbons (Fsp3) is 1.00. The van der Waals surface area contributed by atoms with Crippen molar-refractivity contribution >= 4 is 0 Å². The molecule has 0 spiro atoms. The highest BCUT2D eigenvalue weighted by Crippen LogP contribution is 2.49. The first-order valence-electron chi connectivity index (χ1n) is 8.59. The van der Waals surface area contributed by atoms with Crippen molar-refractivity contribution in [1.82, 2.24) is 5.32 Å². The van der Waals surface area contributed by atoms with Crippen molar-refractivity contribution in [3.63, 3.8) is 0 Å². The standard InChI is InChI=1S/C17H32N2/c1-12-3-4-13(2)17(9-12,11-18)19-10-16(14-5-6-14)15-7-8-15/h12-16,19H,3-11,18H2,1-2H3. The summed E-state index contributed by atoms with van der Waals surface area (Å²) >= 11 is 0. The van der Waals surface area contributed by atoms with E-state index in [1.165, 1.54) is 51.5 Å². The molecule has 19 heavy (non-hydrogen) atoms. The molecule has 0 amide bonds. The maximum Gasteiger partial charge on any atom is 0.0332 e. The van der Waals surface area contributed by atoms with Gasteiger partial charge in [-0.15, -0.1) is 0 Å². The van der Waals surface area contributed by atoms with Crippen molar-refractivity contribution in [2.24, 2.45) is 35.3 Å². The van der Waals surface area contributed by atoms with Crippen LogP contribution in [0.2, 0.25) is 0 Å². The van der Waals surface area contributed by atoms with E-state index < -0.39 is 0 Å². The summed E-state index contributed by atoms with van der Waals surface area (Å²) in [5.74, 6) is 4.64. The molecule has 0 heterocycles. The van der Waals surface area contributed by atoms with Gasteiger partial charge in [0.15, 0.2) is 0 Å². The van der Waals surface area contributed by atoms with Crippen molar-refractivity contribution in [3.8, 4) is 0 Å². The van der Waals surface area contributed by atoms with E-state index in [4.69, 9.17) is 5.73 Å². The second-order valence-corrected chi connectivity index (χ2v) is 7.87. The molecule has 110 valence electrons. The van der Waals surface area contributed by atoms with Gasteiger partial charge in [-0.2, -0.15) is 0 Å². The molecule has 0 aromatic heterocycles. The van der Waals surface area contributed by atoms with Crippen LogP contribution in [0.25, 0.3) is 0 Å². The van der Waals surface area contributed by atoms with Crippen molar-refractivity contribution in [3.05, 3.63) is 0 Å². The molecule has 0 saturated heterocycles. The van der Waals surface area contributed by atoms with Crippen molar-refractivity contribution in [2.45, 2.75) is 64.3 Å². The van der Waals surface area contributed by atoms with Crippen LogP contribution in [0.4, 0.5) is 0 Å². The Kier molecular flexibility index (Phi) is 3.92. The summed E-state index contributed by atoms with van der Waals surface area (Å²) in [6.07, 6.45) is 9.98. The SMILES string of the molecule is CC1CCC(C)C(CN)(NCC(C2CC2)C2CC2)C1. The van der Waals surface area contributed by atoms with Gasteiger partial charge in [-0.25, -0.2) is 0 Å². The van der Waals surface area contributed by atoms with Crippen LogP contribution in [0.5, 0.6) is 0 Å². The zero-order valence-electron chi connectivity index (χ0n) is 12.8. The molecule has 3 atom stereocenters. The first kappa shape index (κ1) is 13.9. The van der Waals surface area contributed by atoms with E-state index in [1.54, 1.807) is 0 Å². The molecule has 0 aromatic rings. The smallest absolute Gasteiger partial charge is 0.0332 e. The molecule has 3 N–H and O–H groups in total. The fourth-order valence-corrected chi connectivity index (χ4v) is 4.43. The predicted molar refractivity (Wildman–Crippen MR) is 80.9 cm³/mol. The van der Waals surface area contributed by atoms with Gasteiger partial charge in [-0.3, -0.25) is 0 Å². The van der Waals surface area contributed by atoms with Crippen LogP contribution in [0.3, 0.4) is 0 Å². The Hall–Kier alpha value is -0.0800. The molecule has 0 aliphatic heterocycles. The monoisotopic (exact) mass is 264 g/mol. The Balaban J connectivity index is 1.61. The normalized spacial score (nSPS) is 39.8. The minimum atomic E-state index is 0.236. The summed E-state index contributed by atoms with van der Waals surface area (Å²) in [4.78, 5) is 0. The molecule has 0 radical (unpaired) electrons. The Morgan fingerprint density at radius 3 is 2.21 bits per heavy atom. The summed E-state index contributed by atoms with van der Waals surface area (Å²) in [6, 6.07) is 0. The van der Waals surface area contributed by atoms with Crippen LogP contribution in [0.1, 0.15) is 58.8 Å². The van der Waals surface area contributed by atoms with E-state index in [0.29, 0.717) is 0 Å². The third-order valence-electron chi connectivity index (χ3n) is 6.26. The summed E-state index contributed by atoms with van der Waals surface area (Å²) in [5, 5.41) is 3.98. The molecule has 3 fully saturated rings. The molecule has 2 heteroatoms. The summed E-state index contributed by atoms with van der Waals surface area (Å²) < 4.78 is 0. The number of hydrogen-bond acceptors (Lipinski definition) is 2. The van der Waals surface area contributed by atoms with Crippen molar-refractivity contribution in [2.75, 3.05) is 13.1 Å². The largest absolute Gasteiger partial charge is 0.329 e. The van der Waals surface area contributed by atoms with Gasteiger partial charge in [0, 0.05) is 12.1 Å². The lowest BCUT2D eigenvalue weighted by Crippen LogP contribution is -2.59. The van der Waals surface area contributed by atoms with E-state index >= 15 is 0 Å². The van der Waals surface area contributed by atoms with Crippen molar-refractivity contribution in [1.29, 1.82) is 0 Å². The predicted octanol–water partition coefficient (Wildman–Crippen LogP) is 3.17. The Morgan fingerprint density at radius 1 is 1.05 bits per heavy atom. The summed E-state index contributed by atoms with van der Waals surface area (Å²) in [6.45, 7) is 6.87.